The van der Waals surface area contributed by atoms with E-state index in [0.29, 0.717) is 23.6 Å². The Bertz CT molecular complexity index is 898. The lowest BCUT2D eigenvalue weighted by Crippen LogP contribution is -2.23. The zero-order valence-corrected chi connectivity index (χ0v) is 14.1. The minimum atomic E-state index is -0.314. The molecule has 26 heavy (non-hydrogen) atoms. The Hall–Kier alpha value is -3.34. The largest absolute Gasteiger partial charge is 0.454 e. The molecule has 3 aromatic rings. The van der Waals surface area contributed by atoms with Crippen LogP contribution in [0, 0.1) is 0 Å². The van der Waals surface area contributed by atoms with E-state index in [0.717, 1.165) is 11.1 Å². The van der Waals surface area contributed by atoms with Crippen molar-refractivity contribution < 1.29 is 14.3 Å². The number of amides is 1. The molecule has 5 nitrogen and oxygen atoms in total. The van der Waals surface area contributed by atoms with Crippen molar-refractivity contribution in [3.05, 3.63) is 84.2 Å². The normalized spacial score (nSPS) is 13.2. The number of ether oxygens (including phenoxy) is 2. The highest BCUT2D eigenvalue weighted by Gasteiger charge is 2.22. The predicted octanol–water partition coefficient (Wildman–Crippen LogP) is 3.78. The second-order valence-corrected chi connectivity index (χ2v) is 6.09. The highest BCUT2D eigenvalue weighted by atomic mass is 16.7. The van der Waals surface area contributed by atoms with Crippen LogP contribution < -0.4 is 14.8 Å². The van der Waals surface area contributed by atoms with Crippen LogP contribution in [0.1, 0.15) is 17.0 Å². The maximum absolute atomic E-state index is 13.0. The molecule has 0 saturated carbocycles. The van der Waals surface area contributed by atoms with E-state index in [1.165, 1.54) is 0 Å². The number of rotatable bonds is 5. The lowest BCUT2D eigenvalue weighted by Gasteiger charge is -2.17. The van der Waals surface area contributed by atoms with Crippen molar-refractivity contribution in [2.45, 2.75) is 12.3 Å². The first-order valence-corrected chi connectivity index (χ1v) is 8.44. The Labute approximate surface area is 151 Å². The van der Waals surface area contributed by atoms with E-state index >= 15 is 0 Å². The fourth-order valence-electron chi connectivity index (χ4n) is 3.01. The fourth-order valence-corrected chi connectivity index (χ4v) is 3.01. The molecule has 0 bridgehead atoms. The lowest BCUT2D eigenvalue weighted by atomic mass is 9.91. The number of fused-ring (bicyclic) bond motifs is 1. The number of benzene rings is 2. The average molecular weight is 346 g/mol. The maximum Gasteiger partial charge on any atom is 0.232 e. The van der Waals surface area contributed by atoms with Gasteiger partial charge in [0.1, 0.15) is 0 Å². The molecule has 0 saturated heterocycles. The summed E-state index contributed by atoms with van der Waals surface area (Å²) in [5, 5.41) is 3.00. The SMILES string of the molecule is O=C(Nc1ccc2c(c1)OCO2)C(Cc1cccnc1)c1ccccc1. The van der Waals surface area contributed by atoms with Gasteiger partial charge >= 0.3 is 0 Å². The number of nitrogens with one attached hydrogen (secondary N) is 1. The molecule has 1 atom stereocenters. The third-order valence-corrected chi connectivity index (χ3v) is 4.32. The molecular formula is C21H18N2O3. The van der Waals surface area contributed by atoms with Gasteiger partial charge in [0.25, 0.3) is 0 Å². The zero-order valence-electron chi connectivity index (χ0n) is 14.1. The summed E-state index contributed by atoms with van der Waals surface area (Å²) in [5.41, 5.74) is 2.67. The minimum Gasteiger partial charge on any atom is -0.454 e. The Morgan fingerprint density at radius 2 is 1.88 bits per heavy atom. The van der Waals surface area contributed by atoms with Crippen LogP contribution in [0.2, 0.25) is 0 Å². The number of aromatic nitrogens is 1. The van der Waals surface area contributed by atoms with Gasteiger partial charge in [0.15, 0.2) is 11.5 Å². The van der Waals surface area contributed by atoms with Crippen LogP contribution in [0.5, 0.6) is 11.5 Å². The maximum atomic E-state index is 13.0. The third-order valence-electron chi connectivity index (χ3n) is 4.32. The van der Waals surface area contributed by atoms with E-state index in [9.17, 15) is 4.79 Å². The Balaban J connectivity index is 1.57. The number of nitrogens with zero attached hydrogens (tertiary/aromatic N) is 1. The van der Waals surface area contributed by atoms with Gasteiger partial charge in [-0.05, 0) is 35.7 Å². The van der Waals surface area contributed by atoms with E-state index < -0.39 is 0 Å². The van der Waals surface area contributed by atoms with Gasteiger partial charge in [0, 0.05) is 24.1 Å². The molecule has 1 aliphatic rings. The van der Waals surface area contributed by atoms with Crippen molar-refractivity contribution in [1.82, 2.24) is 4.98 Å². The van der Waals surface area contributed by atoms with Crippen molar-refractivity contribution in [3.63, 3.8) is 0 Å². The standard InChI is InChI=1S/C21H18N2O3/c24-21(23-17-8-9-19-20(12-17)26-14-25-19)18(16-6-2-1-3-7-16)11-15-5-4-10-22-13-15/h1-10,12-13,18H,11,14H2,(H,23,24). The molecule has 1 aromatic heterocycles. The summed E-state index contributed by atoms with van der Waals surface area (Å²) in [6.07, 6.45) is 4.10. The summed E-state index contributed by atoms with van der Waals surface area (Å²) in [7, 11) is 0. The van der Waals surface area contributed by atoms with Gasteiger partial charge < -0.3 is 14.8 Å². The summed E-state index contributed by atoms with van der Waals surface area (Å²) >= 11 is 0. The molecule has 2 aromatic carbocycles. The van der Waals surface area contributed by atoms with Gasteiger partial charge in [-0.15, -0.1) is 0 Å². The molecule has 0 radical (unpaired) electrons. The van der Waals surface area contributed by atoms with Crippen molar-refractivity contribution >= 4 is 11.6 Å². The molecule has 130 valence electrons. The summed E-state index contributed by atoms with van der Waals surface area (Å²) in [5.74, 6) is 0.953. The number of anilines is 1. The molecule has 2 heterocycles. The Morgan fingerprint density at radius 3 is 2.69 bits per heavy atom. The second kappa shape index (κ2) is 7.27. The number of pyridine rings is 1. The predicted molar refractivity (Wildman–Crippen MR) is 98.3 cm³/mol. The van der Waals surface area contributed by atoms with E-state index in [1.807, 2.05) is 48.5 Å². The number of hydrogen-bond acceptors (Lipinski definition) is 4. The molecule has 0 spiro atoms. The van der Waals surface area contributed by atoms with Gasteiger partial charge in [-0.25, -0.2) is 0 Å². The lowest BCUT2D eigenvalue weighted by molar-refractivity contribution is -0.117. The molecule has 1 N–H and O–H groups in total. The van der Waals surface area contributed by atoms with Crippen LogP contribution in [0.3, 0.4) is 0 Å². The van der Waals surface area contributed by atoms with Crippen LogP contribution in [0.25, 0.3) is 0 Å². The van der Waals surface area contributed by atoms with Crippen LogP contribution in [0.15, 0.2) is 73.1 Å². The van der Waals surface area contributed by atoms with Crippen LogP contribution in [0.4, 0.5) is 5.69 Å². The van der Waals surface area contributed by atoms with Gasteiger partial charge in [-0.2, -0.15) is 0 Å². The highest BCUT2D eigenvalue weighted by molar-refractivity contribution is 5.96. The molecular weight excluding hydrogens is 328 g/mol. The van der Waals surface area contributed by atoms with Crippen LogP contribution in [-0.2, 0) is 11.2 Å². The first-order chi connectivity index (χ1) is 12.8. The molecule has 4 rings (SSSR count). The number of hydrogen-bond donors (Lipinski definition) is 1. The molecule has 1 amide bonds. The van der Waals surface area contributed by atoms with Gasteiger partial charge in [0.2, 0.25) is 12.7 Å². The molecule has 1 aliphatic heterocycles. The van der Waals surface area contributed by atoms with E-state index in [2.05, 4.69) is 10.3 Å². The van der Waals surface area contributed by atoms with Crippen LogP contribution in [-0.4, -0.2) is 17.7 Å². The zero-order chi connectivity index (χ0) is 17.8. The van der Waals surface area contributed by atoms with Gasteiger partial charge in [-0.1, -0.05) is 36.4 Å². The summed E-state index contributed by atoms with van der Waals surface area (Å²) in [6.45, 7) is 0.209. The van der Waals surface area contributed by atoms with Gasteiger partial charge in [-0.3, -0.25) is 9.78 Å². The summed E-state index contributed by atoms with van der Waals surface area (Å²) < 4.78 is 10.7. The van der Waals surface area contributed by atoms with E-state index in [1.54, 1.807) is 24.5 Å². The highest BCUT2D eigenvalue weighted by Crippen LogP contribution is 2.34. The summed E-state index contributed by atoms with van der Waals surface area (Å²) in [4.78, 5) is 17.2. The van der Waals surface area contributed by atoms with Crippen molar-refractivity contribution in [2.24, 2.45) is 0 Å². The number of carbonyl (C=O) groups excluding carboxylic acids is 1. The second-order valence-electron chi connectivity index (χ2n) is 6.09. The average Bonchev–Trinajstić information content (AvgIpc) is 3.15. The Kier molecular flexibility index (Phi) is 4.51. The molecule has 0 fully saturated rings. The topological polar surface area (TPSA) is 60.5 Å². The van der Waals surface area contributed by atoms with Crippen molar-refractivity contribution in [1.29, 1.82) is 0 Å². The monoisotopic (exact) mass is 346 g/mol. The first-order valence-electron chi connectivity index (χ1n) is 8.44. The fraction of sp³-hybridized carbons (Fsp3) is 0.143. The summed E-state index contributed by atoms with van der Waals surface area (Å²) in [6, 6.07) is 19.0. The number of carbonyl (C=O) groups is 1. The van der Waals surface area contributed by atoms with Gasteiger partial charge in [0.05, 0.1) is 5.92 Å². The molecule has 5 heteroatoms. The minimum absolute atomic E-state index is 0.0704. The van der Waals surface area contributed by atoms with Crippen molar-refractivity contribution in [2.75, 3.05) is 12.1 Å². The third kappa shape index (κ3) is 3.52. The quantitative estimate of drug-likeness (QED) is 0.764. The smallest absolute Gasteiger partial charge is 0.232 e. The Morgan fingerprint density at radius 1 is 1.04 bits per heavy atom. The van der Waals surface area contributed by atoms with E-state index in [4.69, 9.17) is 9.47 Å². The van der Waals surface area contributed by atoms with Crippen LogP contribution >= 0.6 is 0 Å². The molecule has 0 aliphatic carbocycles. The molecule has 1 unspecified atom stereocenters. The van der Waals surface area contributed by atoms with E-state index in [-0.39, 0.29) is 18.6 Å². The van der Waals surface area contributed by atoms with Crippen molar-refractivity contribution in [3.8, 4) is 11.5 Å². The first kappa shape index (κ1) is 16.1.